The molecular weight excluding hydrogens is 700 g/mol. The van der Waals surface area contributed by atoms with Crippen LogP contribution in [0.2, 0.25) is 0 Å². The lowest BCUT2D eigenvalue weighted by Crippen LogP contribution is -2.42. The van der Waals surface area contributed by atoms with Gasteiger partial charge < -0.3 is 51.4 Å². The number of hydrogen-bond acceptors (Lipinski definition) is 11. The van der Waals surface area contributed by atoms with Gasteiger partial charge in [-0.3, -0.25) is 0 Å². The SMILES string of the molecule is COc1ccc(B2OCCCO2)cc1.COc1cccc(B2OCCCO2)c1.COc1ccccc1B1OCCCO1.Cc1ccccc1B1OCCCO1. The average molecular weight is 752 g/mol. The highest BCUT2D eigenvalue weighted by atomic mass is 16.6. The third kappa shape index (κ3) is 13.7. The first-order valence-electron chi connectivity index (χ1n) is 19.0. The molecule has 4 aliphatic rings. The van der Waals surface area contributed by atoms with E-state index in [1.165, 1.54) is 5.56 Å². The molecule has 4 fully saturated rings. The maximum atomic E-state index is 5.52. The number of para-hydroxylation sites is 1. The van der Waals surface area contributed by atoms with Crippen molar-refractivity contribution in [2.45, 2.75) is 32.6 Å². The highest BCUT2D eigenvalue weighted by Crippen LogP contribution is 2.12. The quantitative estimate of drug-likeness (QED) is 0.259. The van der Waals surface area contributed by atoms with E-state index in [1.807, 2.05) is 84.9 Å². The van der Waals surface area contributed by atoms with Crippen LogP contribution < -0.4 is 36.1 Å². The number of rotatable bonds is 7. The van der Waals surface area contributed by atoms with E-state index in [0.29, 0.717) is 0 Å². The minimum absolute atomic E-state index is 0.144. The van der Waals surface area contributed by atoms with Gasteiger partial charge in [0.15, 0.2) is 0 Å². The third-order valence-electron chi connectivity index (χ3n) is 8.90. The second-order valence-corrected chi connectivity index (χ2v) is 12.9. The Bertz CT molecular complexity index is 1640. The molecule has 4 aromatic rings. The highest BCUT2D eigenvalue weighted by molar-refractivity contribution is 6.63. The van der Waals surface area contributed by atoms with Gasteiger partial charge in [-0.1, -0.05) is 72.3 Å². The fourth-order valence-electron chi connectivity index (χ4n) is 5.96. The van der Waals surface area contributed by atoms with Gasteiger partial charge in [-0.2, -0.15) is 0 Å². The lowest BCUT2D eigenvalue weighted by molar-refractivity contribution is 0.142. The minimum atomic E-state index is -0.264. The van der Waals surface area contributed by atoms with Gasteiger partial charge in [0.1, 0.15) is 17.2 Å². The van der Waals surface area contributed by atoms with Crippen LogP contribution in [0.5, 0.6) is 17.2 Å². The number of aryl methyl sites for hydroxylation is 1. The standard InChI is InChI=1S/3C10H13BO3.C10H13BO2/c1-12-10-5-3-9(4-6-10)11-13-7-2-8-14-11;1-12-10-5-2-4-9(8-10)11-13-6-3-7-14-11;1-12-10-6-3-2-5-9(10)11-13-7-4-8-14-11;1-9-5-2-3-6-10(9)11-12-7-4-8-13-11/h3-6H,2,7-8H2,1H3;2,4-5,8H,3,6-7H2,1H3;2-3,5-6H,4,7-8H2,1H3;2-3,5-6H,4,7-8H2,1H3. The molecule has 4 heterocycles. The van der Waals surface area contributed by atoms with Crippen LogP contribution in [0.1, 0.15) is 31.2 Å². The average Bonchev–Trinajstić information content (AvgIpc) is 3.28. The molecule has 11 nitrogen and oxygen atoms in total. The molecule has 0 amide bonds. The summed E-state index contributed by atoms with van der Waals surface area (Å²) >= 11 is 0. The molecule has 290 valence electrons. The second kappa shape index (κ2) is 24.0. The molecule has 0 bridgehead atoms. The Morgan fingerprint density at radius 2 is 0.855 bits per heavy atom. The third-order valence-corrected chi connectivity index (χ3v) is 8.90. The summed E-state index contributed by atoms with van der Waals surface area (Å²) in [6.07, 6.45) is 3.92. The Morgan fingerprint density at radius 1 is 0.400 bits per heavy atom. The van der Waals surface area contributed by atoms with E-state index < -0.39 is 0 Å². The van der Waals surface area contributed by atoms with Crippen LogP contribution in [0.15, 0.2) is 97.1 Å². The molecule has 4 aromatic carbocycles. The van der Waals surface area contributed by atoms with Gasteiger partial charge in [0.25, 0.3) is 0 Å². The Morgan fingerprint density at radius 3 is 1.36 bits per heavy atom. The summed E-state index contributed by atoms with van der Waals surface area (Å²) in [6.45, 7) is 8.28. The van der Waals surface area contributed by atoms with Crippen molar-refractivity contribution in [2.75, 3.05) is 74.2 Å². The minimum Gasteiger partial charge on any atom is -0.497 e. The van der Waals surface area contributed by atoms with Crippen LogP contribution in [0.25, 0.3) is 0 Å². The van der Waals surface area contributed by atoms with Gasteiger partial charge in [0.05, 0.1) is 21.3 Å². The van der Waals surface area contributed by atoms with Crippen LogP contribution in [0.4, 0.5) is 0 Å². The summed E-state index contributed by atoms with van der Waals surface area (Å²) in [5.74, 6) is 2.50. The molecule has 0 atom stereocenters. The Hall–Kier alpha value is -3.78. The van der Waals surface area contributed by atoms with Crippen molar-refractivity contribution in [3.05, 3.63) is 103 Å². The van der Waals surface area contributed by atoms with Crippen LogP contribution >= 0.6 is 0 Å². The van der Waals surface area contributed by atoms with Gasteiger partial charge in [0.2, 0.25) is 0 Å². The molecule has 4 saturated heterocycles. The van der Waals surface area contributed by atoms with Crippen molar-refractivity contribution in [1.29, 1.82) is 0 Å². The summed E-state index contributed by atoms with van der Waals surface area (Å²) in [6, 6.07) is 31.5. The highest BCUT2D eigenvalue weighted by Gasteiger charge is 2.28. The van der Waals surface area contributed by atoms with Crippen molar-refractivity contribution in [1.82, 2.24) is 0 Å². The summed E-state index contributed by atoms with van der Waals surface area (Å²) < 4.78 is 59.4. The molecule has 0 saturated carbocycles. The molecule has 8 rings (SSSR count). The van der Waals surface area contributed by atoms with Gasteiger partial charge in [0, 0.05) is 58.3 Å². The number of benzene rings is 4. The van der Waals surface area contributed by atoms with Crippen LogP contribution in [-0.4, -0.2) is 103 Å². The summed E-state index contributed by atoms with van der Waals surface area (Å²) in [5.41, 5.74) is 5.42. The predicted octanol–water partition coefficient (Wildman–Crippen LogP) is 3.61. The molecule has 0 aliphatic carbocycles. The normalized spacial score (nSPS) is 16.9. The Balaban J connectivity index is 0.000000141. The monoisotopic (exact) mass is 752 g/mol. The number of hydrogen-bond donors (Lipinski definition) is 0. The van der Waals surface area contributed by atoms with Crippen LogP contribution in [0.3, 0.4) is 0 Å². The molecule has 4 aliphatic heterocycles. The molecule has 0 aromatic heterocycles. The molecule has 0 radical (unpaired) electrons. The first-order chi connectivity index (χ1) is 27.1. The fraction of sp³-hybridized carbons (Fsp3) is 0.400. The van der Waals surface area contributed by atoms with Crippen molar-refractivity contribution in [3.63, 3.8) is 0 Å². The van der Waals surface area contributed by atoms with Crippen LogP contribution in [-0.2, 0) is 37.2 Å². The Kier molecular flexibility index (Phi) is 18.5. The molecular formula is C40H52B4O11. The Labute approximate surface area is 327 Å². The van der Waals surface area contributed by atoms with Crippen molar-refractivity contribution in [2.24, 2.45) is 0 Å². The molecule has 15 heteroatoms. The largest absolute Gasteiger partial charge is 0.497 e. The summed E-state index contributed by atoms with van der Waals surface area (Å²) in [7, 11) is 4.13. The predicted molar refractivity (Wildman–Crippen MR) is 218 cm³/mol. The van der Waals surface area contributed by atoms with Gasteiger partial charge in [-0.25, -0.2) is 0 Å². The molecule has 55 heavy (non-hydrogen) atoms. The van der Waals surface area contributed by atoms with Gasteiger partial charge in [-0.05, 0) is 79.3 Å². The summed E-state index contributed by atoms with van der Waals surface area (Å²) in [5, 5.41) is 0. The zero-order valence-electron chi connectivity index (χ0n) is 32.5. The maximum Gasteiger partial charge on any atom is 0.497 e. The zero-order valence-corrected chi connectivity index (χ0v) is 32.5. The first kappa shape index (κ1) is 42.4. The lowest BCUT2D eigenvalue weighted by Gasteiger charge is -2.21. The van der Waals surface area contributed by atoms with E-state index in [1.54, 1.807) is 21.3 Å². The van der Waals surface area contributed by atoms with E-state index >= 15 is 0 Å². The van der Waals surface area contributed by atoms with Gasteiger partial charge in [-0.15, -0.1) is 0 Å². The number of methoxy groups -OCH3 is 3. The smallest absolute Gasteiger partial charge is 0.497 e. The van der Waals surface area contributed by atoms with Gasteiger partial charge >= 0.3 is 28.5 Å². The van der Waals surface area contributed by atoms with E-state index in [-0.39, 0.29) is 28.5 Å². The van der Waals surface area contributed by atoms with Crippen LogP contribution in [0, 0.1) is 6.92 Å². The maximum absolute atomic E-state index is 5.52. The lowest BCUT2D eigenvalue weighted by atomic mass is 9.75. The first-order valence-corrected chi connectivity index (χ1v) is 19.0. The summed E-state index contributed by atoms with van der Waals surface area (Å²) in [4.78, 5) is 0. The van der Waals surface area contributed by atoms with E-state index in [0.717, 1.165) is 118 Å². The molecule has 0 unspecified atom stereocenters. The molecule has 0 N–H and O–H groups in total. The fourth-order valence-corrected chi connectivity index (χ4v) is 5.96. The van der Waals surface area contributed by atoms with Crippen molar-refractivity contribution < 1.29 is 51.4 Å². The van der Waals surface area contributed by atoms with Crippen molar-refractivity contribution >= 4 is 50.3 Å². The molecule has 0 spiro atoms. The van der Waals surface area contributed by atoms with Crippen molar-refractivity contribution in [3.8, 4) is 17.2 Å². The second-order valence-electron chi connectivity index (χ2n) is 12.9. The van der Waals surface area contributed by atoms with E-state index in [2.05, 4.69) is 19.1 Å². The van der Waals surface area contributed by atoms with E-state index in [4.69, 9.17) is 51.4 Å². The number of ether oxygens (including phenoxy) is 3. The zero-order chi connectivity index (χ0) is 38.5. The van der Waals surface area contributed by atoms with E-state index in [9.17, 15) is 0 Å². The topological polar surface area (TPSA) is 102 Å².